The smallest absolute Gasteiger partial charge is 0.103 e. The molecule has 1 aliphatic rings. The molecule has 0 aromatic heterocycles. The molecule has 1 nitrogen and oxygen atoms in total. The van der Waals surface area contributed by atoms with Gasteiger partial charge in [-0.05, 0) is 32.6 Å². The molecular weight excluding hydrogens is 165 g/mol. The molecule has 13 heavy (non-hydrogen) atoms. The second-order valence-corrected chi connectivity index (χ2v) is 4.76. The van der Waals surface area contributed by atoms with Gasteiger partial charge in [0.15, 0.2) is 0 Å². The molecule has 0 spiro atoms. The quantitative estimate of drug-likeness (QED) is 0.642. The molecule has 0 aromatic carbocycles. The predicted molar refractivity (Wildman–Crippen MR) is 54.6 cm³/mol. The van der Waals surface area contributed by atoms with Gasteiger partial charge in [-0.25, -0.2) is 4.39 Å². The highest BCUT2D eigenvalue weighted by molar-refractivity contribution is 4.85. The van der Waals surface area contributed by atoms with Crippen LogP contribution < -0.4 is 0 Å². The van der Waals surface area contributed by atoms with E-state index in [0.717, 1.165) is 19.4 Å². The van der Waals surface area contributed by atoms with Crippen LogP contribution in [0.2, 0.25) is 0 Å². The molecule has 1 rings (SSSR count). The van der Waals surface area contributed by atoms with Crippen LogP contribution >= 0.6 is 0 Å². The normalized spacial score (nSPS) is 31.6. The molecule has 1 aliphatic heterocycles. The van der Waals surface area contributed by atoms with Gasteiger partial charge in [-0.3, -0.25) is 4.90 Å². The number of nitrogens with zero attached hydrogens (tertiary/aromatic N) is 1. The molecule has 0 N–H and O–H groups in total. The maximum atomic E-state index is 13.2. The average Bonchev–Trinajstić information content (AvgIpc) is 2.03. The molecule has 0 unspecified atom stereocenters. The van der Waals surface area contributed by atoms with Gasteiger partial charge in [-0.2, -0.15) is 0 Å². The summed E-state index contributed by atoms with van der Waals surface area (Å²) in [6, 6.07) is 1.00. The monoisotopic (exact) mass is 187 g/mol. The third kappa shape index (κ3) is 2.67. The SMILES string of the molecule is CC(C)[C@H]1C[C@H](F)CCN1C(C)C. The fourth-order valence-electron chi connectivity index (χ4n) is 2.27. The van der Waals surface area contributed by atoms with Gasteiger partial charge in [-0.15, -0.1) is 0 Å². The fraction of sp³-hybridized carbons (Fsp3) is 1.00. The Morgan fingerprint density at radius 1 is 1.23 bits per heavy atom. The molecular formula is C11H22FN. The summed E-state index contributed by atoms with van der Waals surface area (Å²) in [7, 11) is 0. The largest absolute Gasteiger partial charge is 0.298 e. The van der Waals surface area contributed by atoms with Gasteiger partial charge in [-0.1, -0.05) is 13.8 Å². The van der Waals surface area contributed by atoms with Gasteiger partial charge >= 0.3 is 0 Å². The summed E-state index contributed by atoms with van der Waals surface area (Å²) < 4.78 is 13.2. The first-order valence-electron chi connectivity index (χ1n) is 5.42. The predicted octanol–water partition coefficient (Wildman–Crippen LogP) is 2.85. The van der Waals surface area contributed by atoms with Crippen molar-refractivity contribution >= 4 is 0 Å². The molecule has 2 heteroatoms. The highest BCUT2D eigenvalue weighted by atomic mass is 19.1. The molecule has 1 fully saturated rings. The first kappa shape index (κ1) is 11.0. The van der Waals surface area contributed by atoms with Gasteiger partial charge in [0.25, 0.3) is 0 Å². The lowest BCUT2D eigenvalue weighted by atomic mass is 9.90. The molecule has 1 saturated heterocycles. The zero-order valence-corrected chi connectivity index (χ0v) is 9.26. The lowest BCUT2D eigenvalue weighted by molar-refractivity contribution is 0.0407. The van der Waals surface area contributed by atoms with Crippen molar-refractivity contribution in [1.29, 1.82) is 0 Å². The van der Waals surface area contributed by atoms with Crippen molar-refractivity contribution < 1.29 is 4.39 Å². The van der Waals surface area contributed by atoms with Crippen molar-refractivity contribution in [1.82, 2.24) is 4.90 Å². The third-order valence-electron chi connectivity index (χ3n) is 3.06. The summed E-state index contributed by atoms with van der Waals surface area (Å²) in [5.74, 6) is 0.570. The van der Waals surface area contributed by atoms with Crippen molar-refractivity contribution in [2.45, 2.75) is 58.8 Å². The minimum Gasteiger partial charge on any atom is -0.298 e. The molecule has 0 aromatic rings. The summed E-state index contributed by atoms with van der Waals surface area (Å²) in [5, 5.41) is 0. The lowest BCUT2D eigenvalue weighted by Gasteiger charge is -2.42. The van der Waals surface area contributed by atoms with E-state index in [1.165, 1.54) is 0 Å². The van der Waals surface area contributed by atoms with E-state index in [9.17, 15) is 4.39 Å². The zero-order valence-electron chi connectivity index (χ0n) is 9.26. The van der Waals surface area contributed by atoms with E-state index in [1.807, 2.05) is 0 Å². The Bertz CT molecular complexity index is 156. The molecule has 0 aliphatic carbocycles. The van der Waals surface area contributed by atoms with Gasteiger partial charge in [0.1, 0.15) is 6.17 Å². The topological polar surface area (TPSA) is 3.24 Å². The third-order valence-corrected chi connectivity index (χ3v) is 3.06. The Kier molecular flexibility index (Phi) is 3.72. The fourth-order valence-corrected chi connectivity index (χ4v) is 2.27. The van der Waals surface area contributed by atoms with Gasteiger partial charge < -0.3 is 0 Å². The Hall–Kier alpha value is -0.110. The Morgan fingerprint density at radius 3 is 2.31 bits per heavy atom. The number of hydrogen-bond donors (Lipinski definition) is 0. The number of piperidine rings is 1. The van der Waals surface area contributed by atoms with Crippen molar-refractivity contribution in [2.75, 3.05) is 6.54 Å². The number of halogens is 1. The minimum absolute atomic E-state index is 0.448. The molecule has 78 valence electrons. The van der Waals surface area contributed by atoms with E-state index in [2.05, 4.69) is 32.6 Å². The Morgan fingerprint density at radius 2 is 1.85 bits per heavy atom. The first-order valence-corrected chi connectivity index (χ1v) is 5.42. The molecule has 2 atom stereocenters. The first-order chi connectivity index (χ1) is 6.02. The highest BCUT2D eigenvalue weighted by Gasteiger charge is 2.31. The van der Waals surface area contributed by atoms with Crippen molar-refractivity contribution in [3.05, 3.63) is 0 Å². The standard InChI is InChI=1S/C11H22FN/c1-8(2)11-7-10(12)5-6-13(11)9(3)4/h8-11H,5-7H2,1-4H3/t10-,11-/m1/s1. The van der Waals surface area contributed by atoms with Crippen molar-refractivity contribution in [3.8, 4) is 0 Å². The lowest BCUT2D eigenvalue weighted by Crippen LogP contribution is -2.49. The van der Waals surface area contributed by atoms with E-state index in [0.29, 0.717) is 18.0 Å². The second kappa shape index (κ2) is 4.41. The van der Waals surface area contributed by atoms with E-state index in [4.69, 9.17) is 0 Å². The maximum Gasteiger partial charge on any atom is 0.103 e. The maximum absolute atomic E-state index is 13.2. The average molecular weight is 187 g/mol. The number of likely N-dealkylation sites (tertiary alicyclic amines) is 1. The Labute approximate surface area is 81.3 Å². The molecule has 0 bridgehead atoms. The van der Waals surface area contributed by atoms with Crippen LogP contribution in [0.4, 0.5) is 4.39 Å². The van der Waals surface area contributed by atoms with Crippen molar-refractivity contribution in [3.63, 3.8) is 0 Å². The molecule has 0 radical (unpaired) electrons. The van der Waals surface area contributed by atoms with Crippen LogP contribution in [0.3, 0.4) is 0 Å². The second-order valence-electron chi connectivity index (χ2n) is 4.76. The van der Waals surface area contributed by atoms with Gasteiger partial charge in [0.05, 0.1) is 0 Å². The van der Waals surface area contributed by atoms with Crippen LogP contribution in [-0.4, -0.2) is 29.7 Å². The van der Waals surface area contributed by atoms with E-state index < -0.39 is 6.17 Å². The highest BCUT2D eigenvalue weighted by Crippen LogP contribution is 2.26. The molecule has 0 amide bonds. The Balaban J connectivity index is 2.60. The summed E-state index contributed by atoms with van der Waals surface area (Å²) in [5.41, 5.74) is 0. The summed E-state index contributed by atoms with van der Waals surface area (Å²) in [6.45, 7) is 9.72. The van der Waals surface area contributed by atoms with Crippen LogP contribution in [0.5, 0.6) is 0 Å². The molecule has 0 saturated carbocycles. The van der Waals surface area contributed by atoms with Crippen LogP contribution in [-0.2, 0) is 0 Å². The summed E-state index contributed by atoms with van der Waals surface area (Å²) >= 11 is 0. The number of alkyl halides is 1. The summed E-state index contributed by atoms with van der Waals surface area (Å²) in [6.07, 6.45) is 0.888. The van der Waals surface area contributed by atoms with Crippen LogP contribution in [0.15, 0.2) is 0 Å². The van der Waals surface area contributed by atoms with Gasteiger partial charge in [0.2, 0.25) is 0 Å². The van der Waals surface area contributed by atoms with E-state index in [1.54, 1.807) is 0 Å². The number of hydrogen-bond acceptors (Lipinski definition) is 1. The van der Waals surface area contributed by atoms with E-state index >= 15 is 0 Å². The van der Waals surface area contributed by atoms with Crippen molar-refractivity contribution in [2.24, 2.45) is 5.92 Å². The van der Waals surface area contributed by atoms with Crippen LogP contribution in [0.25, 0.3) is 0 Å². The van der Waals surface area contributed by atoms with Crippen LogP contribution in [0.1, 0.15) is 40.5 Å². The number of rotatable bonds is 2. The van der Waals surface area contributed by atoms with Gasteiger partial charge in [0, 0.05) is 18.6 Å². The van der Waals surface area contributed by atoms with E-state index in [-0.39, 0.29) is 0 Å². The minimum atomic E-state index is -0.567. The summed E-state index contributed by atoms with van der Waals surface area (Å²) in [4.78, 5) is 2.45. The molecule has 1 heterocycles. The van der Waals surface area contributed by atoms with Crippen LogP contribution in [0, 0.1) is 5.92 Å². The zero-order chi connectivity index (χ0) is 10.0.